The van der Waals surface area contributed by atoms with Gasteiger partial charge in [-0.05, 0) is 92.3 Å². The summed E-state index contributed by atoms with van der Waals surface area (Å²) in [4.78, 5) is 4.85. The van der Waals surface area contributed by atoms with Gasteiger partial charge in [0, 0.05) is 54.5 Å². The predicted molar refractivity (Wildman–Crippen MR) is 311 cm³/mol. The first-order valence-corrected chi connectivity index (χ1v) is 25.2. The Hall–Kier alpha value is -9.90. The van der Waals surface area contributed by atoms with Crippen molar-refractivity contribution in [3.63, 3.8) is 0 Å². The standard InChI is InChI=1S/C70H44N2O2/c1-3-21-51-45(17-1)19-13-29-53(51)47-37-41-49(42-38-47)71(63-33-15-31-61-55-23-9-11-35-65(55)73-69(61)63)67-57-25-5-7-27-59(57)68(60-28-8-6-26-58(60)67)72(64-34-16-32-62-56-24-10-12-36-66(56)74-70(62)64)50-43-39-48(40-44-50)54-30-14-20-46-18-2-4-22-52(46)54/h1-44H. The molecule has 0 fully saturated rings. The van der Waals surface area contributed by atoms with Crippen molar-refractivity contribution in [1.82, 2.24) is 0 Å². The van der Waals surface area contributed by atoms with E-state index in [0.29, 0.717) is 0 Å². The Morgan fingerprint density at radius 3 is 0.946 bits per heavy atom. The van der Waals surface area contributed by atoms with E-state index in [1.165, 1.54) is 32.7 Å². The smallest absolute Gasteiger partial charge is 0.159 e. The van der Waals surface area contributed by atoms with Gasteiger partial charge >= 0.3 is 0 Å². The monoisotopic (exact) mass is 944 g/mol. The van der Waals surface area contributed by atoms with Crippen molar-refractivity contribution in [2.45, 2.75) is 0 Å². The highest BCUT2D eigenvalue weighted by Gasteiger charge is 2.29. The summed E-state index contributed by atoms with van der Waals surface area (Å²) in [5.74, 6) is 0. The zero-order chi connectivity index (χ0) is 48.7. The largest absolute Gasteiger partial charge is 0.454 e. The van der Waals surface area contributed by atoms with Crippen molar-refractivity contribution in [1.29, 1.82) is 0 Å². The van der Waals surface area contributed by atoms with Crippen LogP contribution >= 0.6 is 0 Å². The van der Waals surface area contributed by atoms with E-state index in [-0.39, 0.29) is 0 Å². The highest BCUT2D eigenvalue weighted by atomic mass is 16.3. The van der Waals surface area contributed by atoms with E-state index in [1.54, 1.807) is 0 Å². The average Bonchev–Trinajstić information content (AvgIpc) is 4.06. The first kappa shape index (κ1) is 41.8. The minimum absolute atomic E-state index is 0.827. The van der Waals surface area contributed by atoms with Gasteiger partial charge in [0.05, 0.1) is 22.7 Å². The van der Waals surface area contributed by atoms with E-state index >= 15 is 0 Å². The Morgan fingerprint density at radius 2 is 0.541 bits per heavy atom. The van der Waals surface area contributed by atoms with Gasteiger partial charge in [0.25, 0.3) is 0 Å². The molecule has 2 aromatic heterocycles. The van der Waals surface area contributed by atoms with Gasteiger partial charge in [-0.1, -0.05) is 218 Å². The van der Waals surface area contributed by atoms with Gasteiger partial charge in [-0.15, -0.1) is 0 Å². The number of hydrogen-bond acceptors (Lipinski definition) is 4. The summed E-state index contributed by atoms with van der Waals surface area (Å²) in [5, 5.41) is 13.5. The fourth-order valence-corrected chi connectivity index (χ4v) is 11.7. The van der Waals surface area contributed by atoms with E-state index in [4.69, 9.17) is 8.83 Å². The zero-order valence-electron chi connectivity index (χ0n) is 40.1. The Bertz CT molecular complexity index is 4310. The molecule has 4 nitrogen and oxygen atoms in total. The zero-order valence-corrected chi connectivity index (χ0v) is 40.1. The van der Waals surface area contributed by atoms with Gasteiger partial charge in [0.2, 0.25) is 0 Å². The fourth-order valence-electron chi connectivity index (χ4n) is 11.7. The molecule has 13 aromatic carbocycles. The van der Waals surface area contributed by atoms with Crippen molar-refractivity contribution in [3.05, 3.63) is 267 Å². The molecule has 0 radical (unpaired) electrons. The lowest BCUT2D eigenvalue weighted by Gasteiger charge is -2.33. The molecule has 0 amide bonds. The molecule has 0 saturated carbocycles. The molecule has 0 aliphatic carbocycles. The number of hydrogen-bond donors (Lipinski definition) is 0. The van der Waals surface area contributed by atoms with Gasteiger partial charge in [0.15, 0.2) is 11.2 Å². The summed E-state index contributed by atoms with van der Waals surface area (Å²) in [6.45, 7) is 0. The molecular weight excluding hydrogens is 901 g/mol. The van der Waals surface area contributed by atoms with Crippen LogP contribution in [0.15, 0.2) is 276 Å². The van der Waals surface area contributed by atoms with E-state index < -0.39 is 0 Å². The maximum absolute atomic E-state index is 6.92. The molecule has 2 heterocycles. The quantitative estimate of drug-likeness (QED) is 0.112. The number of benzene rings is 13. The lowest BCUT2D eigenvalue weighted by molar-refractivity contribution is 0.668. The van der Waals surface area contributed by atoms with Gasteiger partial charge in [-0.2, -0.15) is 0 Å². The lowest BCUT2D eigenvalue weighted by atomic mass is 9.94. The fraction of sp³-hybridized carbons (Fsp3) is 0. The Kier molecular flexibility index (Phi) is 9.54. The maximum atomic E-state index is 6.92. The summed E-state index contributed by atoms with van der Waals surface area (Å²) in [7, 11) is 0. The molecule has 0 bridgehead atoms. The third-order valence-electron chi connectivity index (χ3n) is 15.0. The molecule has 0 N–H and O–H groups in total. The van der Waals surface area contributed by atoms with Crippen molar-refractivity contribution in [2.24, 2.45) is 0 Å². The van der Waals surface area contributed by atoms with E-state index in [0.717, 1.165) is 111 Å². The molecule has 4 heteroatoms. The van der Waals surface area contributed by atoms with Gasteiger partial charge in [-0.3, -0.25) is 0 Å². The molecular formula is C70H44N2O2. The van der Waals surface area contributed by atoms with Gasteiger partial charge in [-0.25, -0.2) is 0 Å². The molecule has 0 unspecified atom stereocenters. The second kappa shape index (κ2) is 16.9. The van der Waals surface area contributed by atoms with Gasteiger partial charge in [0.1, 0.15) is 11.2 Å². The molecule has 0 atom stereocenters. The third-order valence-corrected chi connectivity index (χ3v) is 15.0. The maximum Gasteiger partial charge on any atom is 0.159 e. The van der Waals surface area contributed by atoms with Crippen molar-refractivity contribution >= 4 is 121 Å². The van der Waals surface area contributed by atoms with Crippen LogP contribution in [0.5, 0.6) is 0 Å². The molecule has 0 aliphatic rings. The second-order valence-electron chi connectivity index (χ2n) is 19.1. The van der Waals surface area contributed by atoms with E-state index in [9.17, 15) is 0 Å². The van der Waals surface area contributed by atoms with Crippen LogP contribution in [-0.4, -0.2) is 0 Å². The van der Waals surface area contributed by atoms with Crippen LogP contribution < -0.4 is 9.80 Å². The van der Waals surface area contributed by atoms with Crippen LogP contribution in [-0.2, 0) is 0 Å². The number of fused-ring (bicyclic) bond motifs is 10. The van der Waals surface area contributed by atoms with Crippen molar-refractivity contribution in [2.75, 3.05) is 9.80 Å². The predicted octanol–water partition coefficient (Wildman–Crippen LogP) is 20.4. The summed E-state index contributed by atoms with van der Waals surface area (Å²) in [6.07, 6.45) is 0. The Balaban J connectivity index is 1.00. The normalized spacial score (nSPS) is 11.8. The molecule has 0 spiro atoms. The highest BCUT2D eigenvalue weighted by Crippen LogP contribution is 2.54. The minimum Gasteiger partial charge on any atom is -0.454 e. The first-order chi connectivity index (χ1) is 36.7. The van der Waals surface area contributed by atoms with Crippen LogP contribution in [0.1, 0.15) is 0 Å². The Morgan fingerprint density at radius 1 is 0.230 bits per heavy atom. The lowest BCUT2D eigenvalue weighted by Crippen LogP contribution is -2.15. The summed E-state index contributed by atoms with van der Waals surface area (Å²) in [6, 6.07) is 96.0. The minimum atomic E-state index is 0.827. The van der Waals surface area contributed by atoms with Crippen LogP contribution in [0.25, 0.3) is 109 Å². The van der Waals surface area contributed by atoms with Crippen LogP contribution in [0.4, 0.5) is 34.1 Å². The van der Waals surface area contributed by atoms with Gasteiger partial charge < -0.3 is 18.6 Å². The third kappa shape index (κ3) is 6.55. The summed E-state index contributed by atoms with van der Waals surface area (Å²) < 4.78 is 13.8. The second-order valence-corrected chi connectivity index (χ2v) is 19.1. The molecule has 0 aliphatic heterocycles. The molecule has 74 heavy (non-hydrogen) atoms. The van der Waals surface area contributed by atoms with Crippen LogP contribution in [0, 0.1) is 0 Å². The number of para-hydroxylation sites is 4. The Labute approximate surface area is 426 Å². The number of rotatable bonds is 8. The van der Waals surface area contributed by atoms with E-state index in [1.807, 2.05) is 12.1 Å². The summed E-state index contributed by atoms with van der Waals surface area (Å²) >= 11 is 0. The van der Waals surface area contributed by atoms with Crippen molar-refractivity contribution in [3.8, 4) is 22.3 Å². The summed E-state index contributed by atoms with van der Waals surface area (Å²) in [5.41, 5.74) is 14.1. The van der Waals surface area contributed by atoms with Crippen molar-refractivity contribution < 1.29 is 8.83 Å². The molecule has 346 valence electrons. The molecule has 15 rings (SSSR count). The van der Waals surface area contributed by atoms with Crippen LogP contribution in [0.2, 0.25) is 0 Å². The number of anilines is 6. The van der Waals surface area contributed by atoms with Crippen LogP contribution in [0.3, 0.4) is 0 Å². The molecule has 0 saturated heterocycles. The topological polar surface area (TPSA) is 32.8 Å². The first-order valence-electron chi connectivity index (χ1n) is 25.2. The highest BCUT2D eigenvalue weighted by molar-refractivity contribution is 6.25. The van der Waals surface area contributed by atoms with E-state index in [2.05, 4.69) is 265 Å². The SMILES string of the molecule is c1ccc2c(-c3ccc(N(c4c5ccccc5c(N(c5ccc(-c6cccc7ccccc67)cc5)c5cccc6c5oc5ccccc56)c5ccccc45)c4cccc5c4oc4ccccc45)cc3)cccc2c1. The number of furan rings is 2. The molecule has 15 aromatic rings. The average molecular weight is 945 g/mol. The number of nitrogens with zero attached hydrogens (tertiary/aromatic N) is 2.